The third-order valence-corrected chi connectivity index (χ3v) is 4.85. The third-order valence-electron chi connectivity index (χ3n) is 4.85. The van der Waals surface area contributed by atoms with Crippen LogP contribution < -0.4 is 19.5 Å². The van der Waals surface area contributed by atoms with Crippen molar-refractivity contribution in [2.45, 2.75) is 6.61 Å². The first-order valence-electron chi connectivity index (χ1n) is 10.8. The van der Waals surface area contributed by atoms with Crippen LogP contribution in [0.15, 0.2) is 109 Å². The van der Waals surface area contributed by atoms with Gasteiger partial charge < -0.3 is 19.5 Å². The second-order valence-electron chi connectivity index (χ2n) is 7.26. The lowest BCUT2D eigenvalue weighted by atomic mass is 10.2. The molecule has 4 aromatic carbocycles. The SMILES string of the molecule is O=C(Nc1ccc(OCc2ccccc2)cc1)c1ccccc1OCCOc1ccccc1. The third kappa shape index (κ3) is 6.61. The average Bonchev–Trinajstić information content (AvgIpc) is 2.88. The van der Waals surface area contributed by atoms with E-state index in [2.05, 4.69) is 5.32 Å². The van der Waals surface area contributed by atoms with E-state index in [4.69, 9.17) is 14.2 Å². The fraction of sp³-hybridized carbons (Fsp3) is 0.107. The standard InChI is InChI=1S/C28H25NO4/c30-28(29-23-15-17-25(18-16-23)33-21-22-9-3-1-4-10-22)26-13-7-8-14-27(26)32-20-19-31-24-11-5-2-6-12-24/h1-18H,19-21H2,(H,29,30). The Labute approximate surface area is 193 Å². The quantitative estimate of drug-likeness (QED) is 0.309. The first-order valence-corrected chi connectivity index (χ1v) is 10.8. The number of nitrogens with one attached hydrogen (secondary N) is 1. The molecule has 4 rings (SSSR count). The molecule has 0 fully saturated rings. The smallest absolute Gasteiger partial charge is 0.259 e. The first-order chi connectivity index (χ1) is 16.3. The number of benzene rings is 4. The minimum atomic E-state index is -0.243. The van der Waals surface area contributed by atoms with Crippen LogP contribution in [0.2, 0.25) is 0 Å². The van der Waals surface area contributed by atoms with E-state index in [0.29, 0.717) is 36.8 Å². The van der Waals surface area contributed by atoms with Gasteiger partial charge in [0.15, 0.2) is 0 Å². The molecule has 4 aromatic rings. The number of hydrogen-bond donors (Lipinski definition) is 1. The molecule has 0 saturated heterocycles. The molecule has 0 aromatic heterocycles. The molecule has 1 amide bonds. The second-order valence-corrected chi connectivity index (χ2v) is 7.26. The normalized spacial score (nSPS) is 10.3. The van der Waals surface area contributed by atoms with Crippen molar-refractivity contribution in [3.05, 3.63) is 120 Å². The molecule has 1 N–H and O–H groups in total. The molecular weight excluding hydrogens is 414 g/mol. The monoisotopic (exact) mass is 439 g/mol. The summed E-state index contributed by atoms with van der Waals surface area (Å²) in [6.07, 6.45) is 0. The molecule has 166 valence electrons. The summed E-state index contributed by atoms with van der Waals surface area (Å²) >= 11 is 0. The topological polar surface area (TPSA) is 56.8 Å². The molecule has 0 spiro atoms. The number of para-hydroxylation sites is 2. The molecule has 0 saturated carbocycles. The van der Waals surface area contributed by atoms with Crippen LogP contribution >= 0.6 is 0 Å². The Hall–Kier alpha value is -4.25. The maximum atomic E-state index is 12.8. The Balaban J connectivity index is 1.30. The summed E-state index contributed by atoms with van der Waals surface area (Å²) in [5.74, 6) is 1.78. The van der Waals surface area contributed by atoms with Crippen molar-refractivity contribution in [3.8, 4) is 17.2 Å². The predicted octanol–water partition coefficient (Wildman–Crippen LogP) is 5.98. The number of carbonyl (C=O) groups excluding carboxylic acids is 1. The van der Waals surface area contributed by atoms with Crippen LogP contribution in [-0.2, 0) is 6.61 Å². The predicted molar refractivity (Wildman–Crippen MR) is 129 cm³/mol. The van der Waals surface area contributed by atoms with Gasteiger partial charge in [-0.25, -0.2) is 0 Å². The van der Waals surface area contributed by atoms with Gasteiger partial charge in [0, 0.05) is 5.69 Å². The van der Waals surface area contributed by atoms with Crippen LogP contribution in [0.3, 0.4) is 0 Å². The van der Waals surface area contributed by atoms with Gasteiger partial charge in [-0.15, -0.1) is 0 Å². The Morgan fingerprint density at radius 1 is 0.606 bits per heavy atom. The molecule has 33 heavy (non-hydrogen) atoms. The number of rotatable bonds is 10. The molecule has 0 heterocycles. The summed E-state index contributed by atoms with van der Waals surface area (Å²) < 4.78 is 17.2. The van der Waals surface area contributed by atoms with Crippen molar-refractivity contribution in [2.24, 2.45) is 0 Å². The van der Waals surface area contributed by atoms with Gasteiger partial charge in [0.1, 0.15) is 37.1 Å². The molecule has 0 aliphatic carbocycles. The van der Waals surface area contributed by atoms with Gasteiger partial charge in [0.25, 0.3) is 5.91 Å². The van der Waals surface area contributed by atoms with E-state index in [0.717, 1.165) is 17.1 Å². The van der Waals surface area contributed by atoms with Crippen molar-refractivity contribution >= 4 is 11.6 Å². The zero-order valence-electron chi connectivity index (χ0n) is 18.1. The number of hydrogen-bond acceptors (Lipinski definition) is 4. The van der Waals surface area contributed by atoms with Crippen LogP contribution in [0.5, 0.6) is 17.2 Å². The number of carbonyl (C=O) groups is 1. The zero-order chi connectivity index (χ0) is 22.7. The van der Waals surface area contributed by atoms with Crippen LogP contribution in [0, 0.1) is 0 Å². The maximum Gasteiger partial charge on any atom is 0.259 e. The van der Waals surface area contributed by atoms with Crippen molar-refractivity contribution in [3.63, 3.8) is 0 Å². The lowest BCUT2D eigenvalue weighted by Gasteiger charge is -2.13. The average molecular weight is 440 g/mol. The molecular formula is C28H25NO4. The molecule has 0 radical (unpaired) electrons. The molecule has 0 aliphatic heterocycles. The largest absolute Gasteiger partial charge is 0.490 e. The highest BCUT2D eigenvalue weighted by atomic mass is 16.5. The Morgan fingerprint density at radius 3 is 1.97 bits per heavy atom. The highest BCUT2D eigenvalue weighted by molar-refractivity contribution is 6.06. The second kappa shape index (κ2) is 11.4. The van der Waals surface area contributed by atoms with E-state index in [-0.39, 0.29) is 5.91 Å². The highest BCUT2D eigenvalue weighted by Gasteiger charge is 2.12. The minimum Gasteiger partial charge on any atom is -0.490 e. The van der Waals surface area contributed by atoms with Crippen molar-refractivity contribution in [1.82, 2.24) is 0 Å². The van der Waals surface area contributed by atoms with Crippen molar-refractivity contribution in [1.29, 1.82) is 0 Å². The minimum absolute atomic E-state index is 0.243. The van der Waals surface area contributed by atoms with Crippen LogP contribution in [0.1, 0.15) is 15.9 Å². The fourth-order valence-electron chi connectivity index (χ4n) is 3.18. The molecule has 0 unspecified atom stereocenters. The van der Waals surface area contributed by atoms with E-state index in [9.17, 15) is 4.79 Å². The molecule has 5 nitrogen and oxygen atoms in total. The summed E-state index contributed by atoms with van der Waals surface area (Å²) in [7, 11) is 0. The summed E-state index contributed by atoms with van der Waals surface area (Å²) in [6.45, 7) is 1.20. The van der Waals surface area contributed by atoms with E-state index in [1.54, 1.807) is 12.1 Å². The van der Waals surface area contributed by atoms with Crippen molar-refractivity contribution < 1.29 is 19.0 Å². The first kappa shape index (κ1) is 22.0. The summed E-state index contributed by atoms with van der Waals surface area (Å²) in [5, 5.41) is 2.91. The lowest BCUT2D eigenvalue weighted by Crippen LogP contribution is -2.15. The van der Waals surface area contributed by atoms with Crippen LogP contribution in [-0.4, -0.2) is 19.1 Å². The number of anilines is 1. The van der Waals surface area contributed by atoms with Gasteiger partial charge in [0.2, 0.25) is 0 Å². The fourth-order valence-corrected chi connectivity index (χ4v) is 3.18. The van der Waals surface area contributed by atoms with E-state index in [1.807, 2.05) is 97.1 Å². The van der Waals surface area contributed by atoms with Gasteiger partial charge in [-0.1, -0.05) is 60.7 Å². The Kier molecular flexibility index (Phi) is 7.58. The molecule has 0 atom stereocenters. The Bertz CT molecular complexity index is 1150. The van der Waals surface area contributed by atoms with Gasteiger partial charge in [-0.2, -0.15) is 0 Å². The van der Waals surface area contributed by atoms with Gasteiger partial charge >= 0.3 is 0 Å². The molecule has 5 heteroatoms. The summed E-state index contributed by atoms with van der Waals surface area (Å²) in [6, 6.07) is 34.0. The van der Waals surface area contributed by atoms with Gasteiger partial charge in [-0.3, -0.25) is 4.79 Å². The van der Waals surface area contributed by atoms with Crippen LogP contribution in [0.25, 0.3) is 0 Å². The van der Waals surface area contributed by atoms with Gasteiger partial charge in [0.05, 0.1) is 5.56 Å². The number of amides is 1. The van der Waals surface area contributed by atoms with E-state index in [1.165, 1.54) is 0 Å². The van der Waals surface area contributed by atoms with E-state index < -0.39 is 0 Å². The highest BCUT2D eigenvalue weighted by Crippen LogP contribution is 2.22. The van der Waals surface area contributed by atoms with Crippen LogP contribution in [0.4, 0.5) is 5.69 Å². The van der Waals surface area contributed by atoms with Crippen molar-refractivity contribution in [2.75, 3.05) is 18.5 Å². The molecule has 0 bridgehead atoms. The summed E-state index contributed by atoms with van der Waals surface area (Å²) in [4.78, 5) is 12.8. The molecule has 0 aliphatic rings. The number of ether oxygens (including phenoxy) is 3. The van der Waals surface area contributed by atoms with E-state index >= 15 is 0 Å². The summed E-state index contributed by atoms with van der Waals surface area (Å²) in [5.41, 5.74) is 2.23. The lowest BCUT2D eigenvalue weighted by molar-refractivity contribution is 0.102. The Morgan fingerprint density at radius 2 is 1.21 bits per heavy atom. The maximum absolute atomic E-state index is 12.8. The zero-order valence-corrected chi connectivity index (χ0v) is 18.1. The van der Waals surface area contributed by atoms with Gasteiger partial charge in [-0.05, 0) is 54.1 Å².